The van der Waals surface area contributed by atoms with Crippen molar-refractivity contribution in [2.24, 2.45) is 10.5 Å². The SMILES string of the molecule is CC1=NN(c2ccc(Cl)cc2)C(=O)[C@]12Cc1ccc(Cl)cc1N1CCN(c3ncccn3)C[C@H]12. The number of halogens is 2. The number of piperazine rings is 1. The molecule has 0 radical (unpaired) electrons. The molecule has 9 heteroatoms. The molecule has 1 amide bonds. The number of hydrazone groups is 1. The van der Waals surface area contributed by atoms with Crippen LogP contribution >= 0.6 is 23.2 Å². The van der Waals surface area contributed by atoms with E-state index in [4.69, 9.17) is 28.3 Å². The van der Waals surface area contributed by atoms with Crippen molar-refractivity contribution in [3.63, 3.8) is 0 Å². The number of hydrogen-bond acceptors (Lipinski definition) is 6. The lowest BCUT2D eigenvalue weighted by Gasteiger charge is -2.53. The predicted octanol–water partition coefficient (Wildman–Crippen LogP) is 4.44. The number of amides is 1. The van der Waals surface area contributed by atoms with Gasteiger partial charge in [-0.05, 0) is 61.4 Å². The second-order valence-electron chi connectivity index (χ2n) is 8.90. The number of anilines is 3. The average Bonchev–Trinajstić information content (AvgIpc) is 3.11. The Morgan fingerprint density at radius 2 is 1.74 bits per heavy atom. The molecule has 0 unspecified atom stereocenters. The summed E-state index contributed by atoms with van der Waals surface area (Å²) in [6.45, 7) is 4.03. The second kappa shape index (κ2) is 7.96. The van der Waals surface area contributed by atoms with E-state index in [1.807, 2.05) is 37.3 Å². The molecule has 6 rings (SSSR count). The summed E-state index contributed by atoms with van der Waals surface area (Å²) >= 11 is 12.5. The summed E-state index contributed by atoms with van der Waals surface area (Å²) in [6.07, 6.45) is 4.05. The summed E-state index contributed by atoms with van der Waals surface area (Å²) in [5.74, 6) is 0.641. The number of carbonyl (C=O) groups is 1. The minimum Gasteiger partial charge on any atom is -0.363 e. The Balaban J connectivity index is 1.46. The monoisotopic (exact) mass is 492 g/mol. The number of fused-ring (bicyclic) bond motifs is 4. The van der Waals surface area contributed by atoms with Crippen LogP contribution in [0.15, 0.2) is 66.0 Å². The van der Waals surface area contributed by atoms with Crippen molar-refractivity contribution in [1.29, 1.82) is 0 Å². The zero-order valence-electron chi connectivity index (χ0n) is 18.5. The third-order valence-electron chi connectivity index (χ3n) is 7.15. The molecule has 2 aromatic carbocycles. The van der Waals surface area contributed by atoms with Crippen LogP contribution < -0.4 is 14.8 Å². The normalized spacial score (nSPS) is 23.7. The van der Waals surface area contributed by atoms with E-state index in [1.54, 1.807) is 30.6 Å². The zero-order chi connectivity index (χ0) is 23.4. The zero-order valence-corrected chi connectivity index (χ0v) is 20.0. The standard InChI is InChI=1S/C25H22Cl2N6O/c1-16-25(23(34)33(30-16)20-7-5-18(26)6-8-20)14-17-3-4-19(27)13-21(17)32-12-11-31(15-22(25)32)24-28-9-2-10-29-24/h2-10,13,22H,11-12,14-15H2,1H3/t22-,25+/m0/s1. The molecule has 34 heavy (non-hydrogen) atoms. The number of hydrogen-bond donors (Lipinski definition) is 0. The number of nitrogens with zero attached hydrogens (tertiary/aromatic N) is 6. The molecule has 3 aliphatic rings. The van der Waals surface area contributed by atoms with Crippen molar-refractivity contribution in [3.05, 3.63) is 76.5 Å². The molecule has 3 aromatic rings. The molecule has 0 aliphatic carbocycles. The van der Waals surface area contributed by atoms with Gasteiger partial charge in [-0.2, -0.15) is 10.1 Å². The van der Waals surface area contributed by atoms with Gasteiger partial charge in [0.1, 0.15) is 5.41 Å². The van der Waals surface area contributed by atoms with E-state index in [9.17, 15) is 4.79 Å². The van der Waals surface area contributed by atoms with E-state index >= 15 is 0 Å². The summed E-state index contributed by atoms with van der Waals surface area (Å²) < 4.78 is 0. The lowest BCUT2D eigenvalue weighted by molar-refractivity contribution is -0.125. The van der Waals surface area contributed by atoms with E-state index in [1.165, 1.54) is 5.01 Å². The Hall–Kier alpha value is -3.16. The van der Waals surface area contributed by atoms with E-state index in [2.05, 4.69) is 19.8 Å². The van der Waals surface area contributed by atoms with Crippen LogP contribution in [0.5, 0.6) is 0 Å². The molecule has 7 nitrogen and oxygen atoms in total. The van der Waals surface area contributed by atoms with Gasteiger partial charge in [-0.3, -0.25) is 4.79 Å². The lowest BCUT2D eigenvalue weighted by atomic mass is 9.67. The van der Waals surface area contributed by atoms with Crippen molar-refractivity contribution < 1.29 is 4.79 Å². The van der Waals surface area contributed by atoms with Crippen molar-refractivity contribution >= 4 is 52.1 Å². The van der Waals surface area contributed by atoms with Gasteiger partial charge in [-0.25, -0.2) is 9.97 Å². The Labute approximate surface area is 207 Å². The fraction of sp³-hybridized carbons (Fsp3) is 0.280. The van der Waals surface area contributed by atoms with Gasteiger partial charge in [0.25, 0.3) is 5.91 Å². The van der Waals surface area contributed by atoms with E-state index in [0.717, 1.165) is 30.1 Å². The Morgan fingerprint density at radius 3 is 2.50 bits per heavy atom. The van der Waals surface area contributed by atoms with Gasteiger partial charge in [0.2, 0.25) is 5.95 Å². The van der Waals surface area contributed by atoms with Crippen molar-refractivity contribution in [3.8, 4) is 0 Å². The van der Waals surface area contributed by atoms with Gasteiger partial charge in [-0.1, -0.05) is 29.3 Å². The summed E-state index contributed by atoms with van der Waals surface area (Å²) in [6, 6.07) is 14.8. The van der Waals surface area contributed by atoms with Gasteiger partial charge in [-0.15, -0.1) is 0 Å². The number of benzene rings is 2. The van der Waals surface area contributed by atoms with Crippen LogP contribution in [-0.2, 0) is 11.2 Å². The quantitative estimate of drug-likeness (QED) is 0.528. The maximum atomic E-state index is 14.2. The molecule has 0 saturated carbocycles. The Bertz CT molecular complexity index is 1300. The molecule has 1 saturated heterocycles. The summed E-state index contributed by atoms with van der Waals surface area (Å²) in [5, 5.41) is 7.62. The number of carbonyl (C=O) groups excluding carboxylic acids is 1. The third-order valence-corrected chi connectivity index (χ3v) is 7.64. The minimum atomic E-state index is -0.812. The van der Waals surface area contributed by atoms with Gasteiger partial charge in [0.15, 0.2) is 0 Å². The largest absolute Gasteiger partial charge is 0.363 e. The molecular formula is C25H22Cl2N6O. The van der Waals surface area contributed by atoms with Crippen LogP contribution in [-0.4, -0.2) is 47.3 Å². The predicted molar refractivity (Wildman–Crippen MR) is 135 cm³/mol. The maximum Gasteiger partial charge on any atom is 0.261 e. The highest BCUT2D eigenvalue weighted by Gasteiger charge is 2.60. The summed E-state index contributed by atoms with van der Waals surface area (Å²) in [4.78, 5) is 27.6. The van der Waals surface area contributed by atoms with Crippen LogP contribution in [0.2, 0.25) is 10.0 Å². The molecule has 1 aromatic heterocycles. The molecule has 1 fully saturated rings. The minimum absolute atomic E-state index is 0.0289. The average molecular weight is 493 g/mol. The van der Waals surface area contributed by atoms with Crippen molar-refractivity contribution in [2.75, 3.05) is 34.4 Å². The van der Waals surface area contributed by atoms with E-state index in [0.29, 0.717) is 34.6 Å². The van der Waals surface area contributed by atoms with Crippen LogP contribution in [0.25, 0.3) is 0 Å². The van der Waals surface area contributed by atoms with Gasteiger partial charge in [0, 0.05) is 47.8 Å². The molecule has 3 aliphatic heterocycles. The Kier molecular flexibility index (Phi) is 5.00. The van der Waals surface area contributed by atoms with Gasteiger partial charge < -0.3 is 9.80 Å². The number of aromatic nitrogens is 2. The van der Waals surface area contributed by atoms with Crippen LogP contribution in [0.3, 0.4) is 0 Å². The lowest BCUT2D eigenvalue weighted by Crippen LogP contribution is -2.67. The van der Waals surface area contributed by atoms with Crippen molar-refractivity contribution in [2.45, 2.75) is 19.4 Å². The molecular weight excluding hydrogens is 471 g/mol. The van der Waals surface area contributed by atoms with Gasteiger partial charge >= 0.3 is 0 Å². The maximum absolute atomic E-state index is 14.2. The van der Waals surface area contributed by atoms with Crippen LogP contribution in [0.1, 0.15) is 12.5 Å². The highest BCUT2D eigenvalue weighted by atomic mass is 35.5. The topological polar surface area (TPSA) is 64.9 Å². The summed E-state index contributed by atoms with van der Waals surface area (Å²) in [7, 11) is 0. The second-order valence-corrected chi connectivity index (χ2v) is 9.78. The fourth-order valence-corrected chi connectivity index (χ4v) is 5.77. The molecule has 0 bridgehead atoms. The number of rotatable bonds is 2. The Morgan fingerprint density at radius 1 is 1.00 bits per heavy atom. The first-order chi connectivity index (χ1) is 16.5. The smallest absolute Gasteiger partial charge is 0.261 e. The molecule has 1 spiro atoms. The summed E-state index contributed by atoms with van der Waals surface area (Å²) in [5.41, 5.74) is 2.89. The van der Waals surface area contributed by atoms with Gasteiger partial charge in [0.05, 0.1) is 17.4 Å². The van der Waals surface area contributed by atoms with E-state index in [-0.39, 0.29) is 11.9 Å². The first-order valence-electron chi connectivity index (χ1n) is 11.2. The first-order valence-corrected chi connectivity index (χ1v) is 12.0. The third kappa shape index (κ3) is 3.18. The molecule has 0 N–H and O–H groups in total. The molecule has 172 valence electrons. The first kappa shape index (κ1) is 21.4. The van der Waals surface area contributed by atoms with Crippen LogP contribution in [0.4, 0.5) is 17.3 Å². The molecule has 4 heterocycles. The fourth-order valence-electron chi connectivity index (χ4n) is 5.47. The highest BCUT2D eigenvalue weighted by Crippen LogP contribution is 2.49. The molecule has 2 atom stereocenters. The van der Waals surface area contributed by atoms with E-state index < -0.39 is 5.41 Å². The van der Waals surface area contributed by atoms with Crippen molar-refractivity contribution in [1.82, 2.24) is 9.97 Å². The van der Waals surface area contributed by atoms with Crippen LogP contribution in [0, 0.1) is 5.41 Å². The highest BCUT2D eigenvalue weighted by molar-refractivity contribution is 6.31.